The van der Waals surface area contributed by atoms with E-state index in [1.807, 2.05) is 0 Å². The molecule has 0 aromatic carbocycles. The summed E-state index contributed by atoms with van der Waals surface area (Å²) < 4.78 is 0. The summed E-state index contributed by atoms with van der Waals surface area (Å²) in [5.41, 5.74) is 1.05. The van der Waals surface area contributed by atoms with Crippen molar-refractivity contribution in [2.24, 2.45) is 0 Å². The molecule has 1 aliphatic rings. The minimum Gasteiger partial charge on any atom is -0.396 e. The molecule has 1 N–H and O–H groups in total. The third kappa shape index (κ3) is 3.50. The summed E-state index contributed by atoms with van der Waals surface area (Å²) in [6, 6.07) is 0.682. The zero-order chi connectivity index (χ0) is 12.1. The van der Waals surface area contributed by atoms with E-state index in [1.54, 1.807) is 11.3 Å². The third-order valence-corrected chi connectivity index (χ3v) is 4.45. The van der Waals surface area contributed by atoms with Crippen LogP contribution in [0.1, 0.15) is 36.9 Å². The first-order valence-electron chi connectivity index (χ1n) is 6.61. The Morgan fingerprint density at radius 2 is 2.41 bits per heavy atom. The molecule has 1 fully saturated rings. The Bertz CT molecular complexity index is 340. The van der Waals surface area contributed by atoms with Crippen LogP contribution in [0.25, 0.3) is 0 Å². The Kier molecular flexibility index (Phi) is 4.95. The molecule has 17 heavy (non-hydrogen) atoms. The first-order valence-corrected chi connectivity index (χ1v) is 7.49. The van der Waals surface area contributed by atoms with Crippen LogP contribution in [0.5, 0.6) is 0 Å². The lowest BCUT2D eigenvalue weighted by Crippen LogP contribution is -2.40. The van der Waals surface area contributed by atoms with Gasteiger partial charge in [0.25, 0.3) is 0 Å². The van der Waals surface area contributed by atoms with Gasteiger partial charge in [-0.2, -0.15) is 0 Å². The van der Waals surface area contributed by atoms with Crippen molar-refractivity contribution >= 4 is 11.3 Å². The van der Waals surface area contributed by atoms with Crippen LogP contribution >= 0.6 is 11.3 Å². The molecule has 4 heteroatoms. The van der Waals surface area contributed by atoms with Crippen LogP contribution in [0.3, 0.4) is 0 Å². The molecule has 96 valence electrons. The fourth-order valence-electron chi connectivity index (χ4n) is 2.58. The summed E-state index contributed by atoms with van der Waals surface area (Å²) >= 11 is 1.75. The fraction of sp³-hybridized carbons (Fsp3) is 0.769. The SMILES string of the molecule is CCN1CCCCC1Cc1nc(CCO)cs1. The average Bonchev–Trinajstić information content (AvgIpc) is 2.78. The second-order valence-corrected chi connectivity index (χ2v) is 5.63. The number of thiazole rings is 1. The number of aliphatic hydroxyl groups excluding tert-OH is 1. The molecule has 2 rings (SSSR count). The Balaban J connectivity index is 1.93. The quantitative estimate of drug-likeness (QED) is 0.874. The van der Waals surface area contributed by atoms with Crippen molar-refractivity contribution in [2.75, 3.05) is 19.7 Å². The maximum Gasteiger partial charge on any atom is 0.0943 e. The first-order chi connectivity index (χ1) is 8.33. The van der Waals surface area contributed by atoms with E-state index in [0.29, 0.717) is 12.5 Å². The van der Waals surface area contributed by atoms with E-state index in [9.17, 15) is 0 Å². The molecule has 2 heterocycles. The highest BCUT2D eigenvalue weighted by atomic mass is 32.1. The molecule has 0 bridgehead atoms. The molecule has 1 atom stereocenters. The molecule has 0 saturated carbocycles. The molecular weight excluding hydrogens is 232 g/mol. The predicted octanol–water partition coefficient (Wildman–Crippen LogP) is 2.09. The van der Waals surface area contributed by atoms with Crippen molar-refractivity contribution < 1.29 is 5.11 Å². The van der Waals surface area contributed by atoms with Crippen LogP contribution in [-0.4, -0.2) is 40.7 Å². The minimum atomic E-state index is 0.202. The summed E-state index contributed by atoms with van der Waals surface area (Å²) in [4.78, 5) is 7.17. The molecule has 1 aromatic heterocycles. The van der Waals surface area contributed by atoms with E-state index in [0.717, 1.165) is 18.7 Å². The maximum atomic E-state index is 8.89. The second kappa shape index (κ2) is 6.47. The van der Waals surface area contributed by atoms with Gasteiger partial charge in [0.15, 0.2) is 0 Å². The maximum absolute atomic E-state index is 8.89. The summed E-state index contributed by atoms with van der Waals surface area (Å²) in [7, 11) is 0. The number of aromatic nitrogens is 1. The number of aliphatic hydroxyl groups is 1. The number of rotatable bonds is 5. The lowest BCUT2D eigenvalue weighted by atomic mass is 10.00. The molecule has 0 radical (unpaired) electrons. The number of hydrogen-bond acceptors (Lipinski definition) is 4. The van der Waals surface area contributed by atoms with Gasteiger partial charge in [-0.05, 0) is 25.9 Å². The highest BCUT2D eigenvalue weighted by Gasteiger charge is 2.22. The van der Waals surface area contributed by atoms with Gasteiger partial charge in [0.2, 0.25) is 0 Å². The Hall–Kier alpha value is -0.450. The van der Waals surface area contributed by atoms with Gasteiger partial charge in [0, 0.05) is 30.9 Å². The van der Waals surface area contributed by atoms with Gasteiger partial charge in [0.1, 0.15) is 0 Å². The standard InChI is InChI=1S/C13H22N2OS/c1-2-15-7-4-3-5-12(15)9-13-14-11(6-8-16)10-17-13/h10,12,16H,2-9H2,1H3. The van der Waals surface area contributed by atoms with E-state index < -0.39 is 0 Å². The zero-order valence-corrected chi connectivity index (χ0v) is 11.4. The minimum absolute atomic E-state index is 0.202. The van der Waals surface area contributed by atoms with E-state index in [-0.39, 0.29) is 6.61 Å². The van der Waals surface area contributed by atoms with Crippen molar-refractivity contribution in [2.45, 2.75) is 45.1 Å². The number of likely N-dealkylation sites (N-methyl/N-ethyl adjacent to an activating group) is 1. The van der Waals surface area contributed by atoms with Crippen LogP contribution in [0.2, 0.25) is 0 Å². The van der Waals surface area contributed by atoms with Crippen molar-refractivity contribution in [3.05, 3.63) is 16.1 Å². The Morgan fingerprint density at radius 1 is 1.53 bits per heavy atom. The van der Waals surface area contributed by atoms with Crippen molar-refractivity contribution in [1.29, 1.82) is 0 Å². The second-order valence-electron chi connectivity index (χ2n) is 4.69. The lowest BCUT2D eigenvalue weighted by Gasteiger charge is -2.34. The zero-order valence-electron chi connectivity index (χ0n) is 10.6. The highest BCUT2D eigenvalue weighted by Crippen LogP contribution is 2.22. The first kappa shape index (κ1) is 13.0. The third-order valence-electron chi connectivity index (χ3n) is 3.53. The number of nitrogens with zero attached hydrogens (tertiary/aromatic N) is 2. The van der Waals surface area contributed by atoms with E-state index in [1.165, 1.54) is 30.8 Å². The Labute approximate surface area is 107 Å². The number of piperidine rings is 1. The fourth-order valence-corrected chi connectivity index (χ4v) is 3.48. The Morgan fingerprint density at radius 3 is 3.18 bits per heavy atom. The molecular formula is C13H22N2OS. The normalized spacial score (nSPS) is 21.9. The van der Waals surface area contributed by atoms with Gasteiger partial charge in [0.05, 0.1) is 10.7 Å². The van der Waals surface area contributed by atoms with Crippen LogP contribution in [0.4, 0.5) is 0 Å². The molecule has 1 unspecified atom stereocenters. The average molecular weight is 254 g/mol. The van der Waals surface area contributed by atoms with Crippen molar-refractivity contribution in [3.8, 4) is 0 Å². The summed E-state index contributed by atoms with van der Waals surface area (Å²) in [5.74, 6) is 0. The van der Waals surface area contributed by atoms with Gasteiger partial charge in [-0.15, -0.1) is 11.3 Å². The van der Waals surface area contributed by atoms with Gasteiger partial charge < -0.3 is 10.0 Å². The number of likely N-dealkylation sites (tertiary alicyclic amines) is 1. The van der Waals surface area contributed by atoms with Crippen LogP contribution in [-0.2, 0) is 12.8 Å². The molecule has 1 saturated heterocycles. The molecule has 1 aromatic rings. The van der Waals surface area contributed by atoms with E-state index in [4.69, 9.17) is 5.11 Å². The predicted molar refractivity (Wildman–Crippen MR) is 71.5 cm³/mol. The smallest absolute Gasteiger partial charge is 0.0943 e. The van der Waals surface area contributed by atoms with E-state index >= 15 is 0 Å². The van der Waals surface area contributed by atoms with Gasteiger partial charge in [-0.25, -0.2) is 4.98 Å². The summed E-state index contributed by atoms with van der Waals surface area (Å²) in [6.45, 7) is 4.85. The summed E-state index contributed by atoms with van der Waals surface area (Å²) in [6.07, 6.45) is 5.79. The molecule has 0 aliphatic carbocycles. The van der Waals surface area contributed by atoms with Gasteiger partial charge in [-0.3, -0.25) is 0 Å². The highest BCUT2D eigenvalue weighted by molar-refractivity contribution is 7.09. The van der Waals surface area contributed by atoms with Gasteiger partial charge >= 0.3 is 0 Å². The monoisotopic (exact) mass is 254 g/mol. The molecule has 3 nitrogen and oxygen atoms in total. The molecule has 1 aliphatic heterocycles. The number of hydrogen-bond donors (Lipinski definition) is 1. The lowest BCUT2D eigenvalue weighted by molar-refractivity contribution is 0.155. The van der Waals surface area contributed by atoms with Crippen LogP contribution in [0, 0.1) is 0 Å². The van der Waals surface area contributed by atoms with Crippen molar-refractivity contribution in [3.63, 3.8) is 0 Å². The molecule has 0 spiro atoms. The molecule has 0 amide bonds. The van der Waals surface area contributed by atoms with Crippen LogP contribution < -0.4 is 0 Å². The van der Waals surface area contributed by atoms with E-state index in [2.05, 4.69) is 22.2 Å². The topological polar surface area (TPSA) is 36.4 Å². The van der Waals surface area contributed by atoms with Crippen molar-refractivity contribution in [1.82, 2.24) is 9.88 Å². The largest absolute Gasteiger partial charge is 0.396 e. The summed E-state index contributed by atoms with van der Waals surface area (Å²) in [5, 5.41) is 12.2. The van der Waals surface area contributed by atoms with Crippen LogP contribution in [0.15, 0.2) is 5.38 Å². The van der Waals surface area contributed by atoms with Gasteiger partial charge in [-0.1, -0.05) is 13.3 Å².